The van der Waals surface area contributed by atoms with Crippen LogP contribution in [0.15, 0.2) is 34.3 Å². The molecular formula is C13H18N4O3S. The van der Waals surface area contributed by atoms with Gasteiger partial charge in [-0.25, -0.2) is 18.6 Å². The molecule has 0 radical (unpaired) electrons. The van der Waals surface area contributed by atoms with Crippen LogP contribution in [0.5, 0.6) is 0 Å². The first-order valence-electron chi connectivity index (χ1n) is 6.37. The molecule has 1 amide bonds. The minimum absolute atomic E-state index is 0.00318. The normalized spacial score (nSPS) is 19.3. The molecule has 2 rings (SSSR count). The first-order valence-corrected chi connectivity index (χ1v) is 7.91. The summed E-state index contributed by atoms with van der Waals surface area (Å²) < 4.78 is 22.4. The van der Waals surface area contributed by atoms with Gasteiger partial charge in [0.1, 0.15) is 0 Å². The number of rotatable bonds is 4. The summed E-state index contributed by atoms with van der Waals surface area (Å²) in [6, 6.07) is 5.77. The zero-order valence-electron chi connectivity index (χ0n) is 12.1. The molecule has 1 aliphatic rings. The maximum absolute atomic E-state index is 12.4. The number of carbonyl (C=O) groups is 1. The highest BCUT2D eigenvalue weighted by atomic mass is 32.2. The molecule has 1 atom stereocenters. The van der Waals surface area contributed by atoms with Crippen molar-refractivity contribution < 1.29 is 13.2 Å². The van der Waals surface area contributed by atoms with E-state index in [2.05, 4.69) is 5.10 Å². The van der Waals surface area contributed by atoms with Crippen molar-refractivity contribution in [1.82, 2.24) is 4.90 Å². The van der Waals surface area contributed by atoms with Gasteiger partial charge in [0, 0.05) is 12.3 Å². The summed E-state index contributed by atoms with van der Waals surface area (Å²) in [6.45, 7) is 2.39. The van der Waals surface area contributed by atoms with Gasteiger partial charge in [-0.3, -0.25) is 4.79 Å². The summed E-state index contributed by atoms with van der Waals surface area (Å²) in [5.41, 5.74) is 1.26. The summed E-state index contributed by atoms with van der Waals surface area (Å²) in [5.74, 6) is -0.400. The van der Waals surface area contributed by atoms with Crippen LogP contribution in [0.25, 0.3) is 0 Å². The number of nitrogens with two attached hydrogens (primary N) is 1. The van der Waals surface area contributed by atoms with Crippen molar-refractivity contribution in [3.8, 4) is 0 Å². The number of nitrogens with zero attached hydrogens (tertiary/aromatic N) is 3. The Hall–Kier alpha value is -1.77. The quantitative estimate of drug-likeness (QED) is 0.861. The third-order valence-corrected chi connectivity index (χ3v) is 4.16. The number of sulfonamides is 1. The van der Waals surface area contributed by atoms with Crippen LogP contribution < -0.4 is 10.1 Å². The molecule has 0 aliphatic carbocycles. The maximum Gasteiger partial charge on any atom is 0.257 e. The van der Waals surface area contributed by atoms with Gasteiger partial charge in [-0.15, -0.1) is 0 Å². The molecule has 0 saturated carbocycles. The maximum atomic E-state index is 12.4. The Morgan fingerprint density at radius 3 is 2.33 bits per heavy atom. The topological polar surface area (TPSA) is 96.1 Å². The minimum Gasteiger partial charge on any atom is -0.308 e. The van der Waals surface area contributed by atoms with Gasteiger partial charge < -0.3 is 4.90 Å². The predicted molar refractivity (Wildman–Crippen MR) is 80.5 cm³/mol. The van der Waals surface area contributed by atoms with Crippen LogP contribution in [0.1, 0.15) is 6.92 Å². The van der Waals surface area contributed by atoms with E-state index in [0.717, 1.165) is 5.71 Å². The van der Waals surface area contributed by atoms with Crippen molar-refractivity contribution in [2.75, 3.05) is 25.6 Å². The van der Waals surface area contributed by atoms with Gasteiger partial charge in [-0.2, -0.15) is 5.10 Å². The second-order valence-corrected chi connectivity index (χ2v) is 6.81. The van der Waals surface area contributed by atoms with E-state index in [0.29, 0.717) is 12.2 Å². The molecule has 0 bridgehead atoms. The highest BCUT2D eigenvalue weighted by Gasteiger charge is 2.34. The molecule has 1 unspecified atom stereocenters. The van der Waals surface area contributed by atoms with Gasteiger partial charge in [0.05, 0.1) is 16.5 Å². The van der Waals surface area contributed by atoms with Crippen LogP contribution in [-0.2, 0) is 14.8 Å². The summed E-state index contributed by atoms with van der Waals surface area (Å²) >= 11 is 0. The fourth-order valence-electron chi connectivity index (χ4n) is 2.14. The monoisotopic (exact) mass is 310 g/mol. The van der Waals surface area contributed by atoms with Crippen LogP contribution >= 0.6 is 0 Å². The van der Waals surface area contributed by atoms with Crippen LogP contribution in [-0.4, -0.2) is 45.6 Å². The van der Waals surface area contributed by atoms with Gasteiger partial charge >= 0.3 is 0 Å². The van der Waals surface area contributed by atoms with E-state index < -0.39 is 10.0 Å². The van der Waals surface area contributed by atoms with Gasteiger partial charge in [0.2, 0.25) is 10.0 Å². The fourth-order valence-corrected chi connectivity index (χ4v) is 2.66. The van der Waals surface area contributed by atoms with Crippen LogP contribution in [0.4, 0.5) is 5.69 Å². The van der Waals surface area contributed by atoms with Gasteiger partial charge in [0.25, 0.3) is 5.91 Å². The van der Waals surface area contributed by atoms with Gasteiger partial charge in [-0.1, -0.05) is 0 Å². The zero-order valence-corrected chi connectivity index (χ0v) is 13.0. The van der Waals surface area contributed by atoms with Crippen LogP contribution in [0, 0.1) is 5.92 Å². The number of carbonyl (C=O) groups excluding carboxylic acids is 1. The number of amides is 1. The Bertz CT molecular complexity index is 680. The van der Waals surface area contributed by atoms with Crippen LogP contribution in [0.2, 0.25) is 0 Å². The molecule has 1 aromatic rings. The predicted octanol–water partition coefficient (Wildman–Crippen LogP) is 0.234. The molecule has 8 heteroatoms. The Morgan fingerprint density at radius 2 is 1.86 bits per heavy atom. The molecule has 0 fully saturated rings. The summed E-state index contributed by atoms with van der Waals surface area (Å²) in [4.78, 5) is 14.3. The van der Waals surface area contributed by atoms with Crippen molar-refractivity contribution in [2.45, 2.75) is 11.8 Å². The van der Waals surface area contributed by atoms with Crippen molar-refractivity contribution in [3.05, 3.63) is 24.3 Å². The molecule has 21 heavy (non-hydrogen) atoms. The second kappa shape index (κ2) is 5.55. The molecule has 114 valence electrons. The third kappa shape index (κ3) is 3.29. The van der Waals surface area contributed by atoms with E-state index in [4.69, 9.17) is 5.14 Å². The molecule has 1 aromatic carbocycles. The lowest BCUT2D eigenvalue weighted by atomic mass is 10.0. The van der Waals surface area contributed by atoms with E-state index in [1.807, 2.05) is 25.9 Å². The molecule has 0 aromatic heterocycles. The number of anilines is 1. The zero-order chi connectivity index (χ0) is 15.8. The lowest BCUT2D eigenvalue weighted by Gasteiger charge is -2.17. The standard InChI is InChI=1S/C13H18N4O3S/c1-9-12(8-16(2)3)13(18)17(15-9)10-4-6-11(7-5-10)21(14,19)20/h4-7,12H,8H2,1-3H3,(H2,14,19,20). The number of hydrogen-bond donors (Lipinski definition) is 1. The number of benzene rings is 1. The Labute approximate surface area is 124 Å². The van der Waals surface area contributed by atoms with E-state index >= 15 is 0 Å². The molecular weight excluding hydrogens is 292 g/mol. The number of primary sulfonamides is 1. The highest BCUT2D eigenvalue weighted by Crippen LogP contribution is 2.25. The van der Waals surface area contributed by atoms with Crippen molar-refractivity contribution in [2.24, 2.45) is 16.2 Å². The first-order chi connectivity index (χ1) is 9.70. The van der Waals surface area contributed by atoms with Crippen molar-refractivity contribution in [1.29, 1.82) is 0 Å². The molecule has 0 saturated heterocycles. The average molecular weight is 310 g/mol. The summed E-state index contributed by atoms with van der Waals surface area (Å²) in [5, 5.41) is 10.6. The highest BCUT2D eigenvalue weighted by molar-refractivity contribution is 7.89. The van der Waals surface area contributed by atoms with E-state index in [-0.39, 0.29) is 16.7 Å². The van der Waals surface area contributed by atoms with Crippen molar-refractivity contribution in [3.63, 3.8) is 0 Å². The molecule has 1 heterocycles. The number of hydrazone groups is 1. The molecule has 2 N–H and O–H groups in total. The fraction of sp³-hybridized carbons (Fsp3) is 0.385. The van der Waals surface area contributed by atoms with E-state index in [1.165, 1.54) is 29.3 Å². The smallest absolute Gasteiger partial charge is 0.257 e. The van der Waals surface area contributed by atoms with Gasteiger partial charge in [-0.05, 0) is 45.3 Å². The largest absolute Gasteiger partial charge is 0.308 e. The summed E-state index contributed by atoms with van der Waals surface area (Å²) in [7, 11) is 0.0460. The van der Waals surface area contributed by atoms with Crippen LogP contribution in [0.3, 0.4) is 0 Å². The third-order valence-electron chi connectivity index (χ3n) is 3.23. The number of hydrogen-bond acceptors (Lipinski definition) is 5. The molecule has 1 aliphatic heterocycles. The second-order valence-electron chi connectivity index (χ2n) is 5.25. The minimum atomic E-state index is -3.74. The summed E-state index contributed by atoms with van der Waals surface area (Å²) in [6.07, 6.45) is 0. The average Bonchev–Trinajstić information content (AvgIpc) is 2.65. The lowest BCUT2D eigenvalue weighted by molar-refractivity contribution is -0.120. The first kappa shape index (κ1) is 15.6. The van der Waals surface area contributed by atoms with E-state index in [9.17, 15) is 13.2 Å². The van der Waals surface area contributed by atoms with Gasteiger partial charge in [0.15, 0.2) is 0 Å². The van der Waals surface area contributed by atoms with Crippen molar-refractivity contribution >= 4 is 27.3 Å². The Morgan fingerprint density at radius 1 is 1.29 bits per heavy atom. The Balaban J connectivity index is 2.26. The molecule has 7 nitrogen and oxygen atoms in total. The lowest BCUT2D eigenvalue weighted by Crippen LogP contribution is -2.34. The Kier molecular flexibility index (Phi) is 4.13. The van der Waals surface area contributed by atoms with E-state index in [1.54, 1.807) is 0 Å². The molecule has 0 spiro atoms. The SMILES string of the molecule is CC1=NN(c2ccc(S(N)(=O)=O)cc2)C(=O)C1CN(C)C.